The molecule has 19 heavy (non-hydrogen) atoms. The van der Waals surface area contributed by atoms with Crippen LogP contribution in [-0.4, -0.2) is 19.2 Å². The molecule has 0 aliphatic heterocycles. The van der Waals surface area contributed by atoms with E-state index < -0.39 is 6.29 Å². The summed E-state index contributed by atoms with van der Waals surface area (Å²) in [4.78, 5) is 5.48. The fraction of sp³-hybridized carbons (Fsp3) is 0.308. The maximum Gasteiger partial charge on any atom is 0.201 e. The topological polar surface area (TPSA) is 31.4 Å². The normalized spacial score (nSPS) is 11.2. The van der Waals surface area contributed by atoms with Crippen molar-refractivity contribution >= 4 is 23.1 Å². The van der Waals surface area contributed by atoms with Crippen LogP contribution in [0.5, 0.6) is 0 Å². The third-order valence-electron chi connectivity index (χ3n) is 2.42. The largest absolute Gasteiger partial charge is 0.350 e. The summed E-state index contributed by atoms with van der Waals surface area (Å²) in [5.41, 5.74) is 0.782. The zero-order chi connectivity index (χ0) is 13.7. The predicted octanol–water partition coefficient (Wildman–Crippen LogP) is 3.87. The van der Waals surface area contributed by atoms with Gasteiger partial charge < -0.3 is 9.47 Å². The molecule has 1 aromatic heterocycles. The lowest BCUT2D eigenvalue weighted by Crippen LogP contribution is -2.03. The van der Waals surface area contributed by atoms with Crippen LogP contribution in [0.1, 0.15) is 17.0 Å². The van der Waals surface area contributed by atoms with Gasteiger partial charge in [0.15, 0.2) is 0 Å². The first-order chi connectivity index (χ1) is 9.22. The summed E-state index contributed by atoms with van der Waals surface area (Å²) in [6.07, 6.45) is -0.416. The number of halogens is 1. The van der Waals surface area contributed by atoms with Gasteiger partial charge >= 0.3 is 0 Å². The standard InChI is InChI=1S/C13H14FNO2S2/c1-16-13(17-2)11-7-19-12(15-11)8-18-10-5-3-9(14)4-6-10/h3-7,13H,8H2,1-2H3. The Morgan fingerprint density at radius 3 is 2.58 bits per heavy atom. The Balaban J connectivity index is 1.95. The van der Waals surface area contributed by atoms with Crippen LogP contribution in [0.25, 0.3) is 0 Å². The number of methoxy groups -OCH3 is 2. The maximum absolute atomic E-state index is 12.8. The van der Waals surface area contributed by atoms with E-state index in [1.54, 1.807) is 49.5 Å². The molecular weight excluding hydrogens is 285 g/mol. The van der Waals surface area contributed by atoms with Crippen molar-refractivity contribution in [2.24, 2.45) is 0 Å². The molecule has 0 saturated carbocycles. The summed E-state index contributed by atoms with van der Waals surface area (Å²) in [7, 11) is 3.17. The van der Waals surface area contributed by atoms with Crippen molar-refractivity contribution in [1.82, 2.24) is 4.98 Å². The lowest BCUT2D eigenvalue weighted by Gasteiger charge is -2.09. The molecule has 2 rings (SSSR count). The first-order valence-electron chi connectivity index (χ1n) is 5.61. The molecule has 0 bridgehead atoms. The van der Waals surface area contributed by atoms with Gasteiger partial charge in [0.2, 0.25) is 6.29 Å². The lowest BCUT2D eigenvalue weighted by atomic mass is 10.4. The second-order valence-electron chi connectivity index (χ2n) is 3.71. The molecular formula is C13H14FNO2S2. The predicted molar refractivity (Wildman–Crippen MR) is 74.8 cm³/mol. The van der Waals surface area contributed by atoms with Crippen molar-refractivity contribution in [2.45, 2.75) is 16.9 Å². The van der Waals surface area contributed by atoms with E-state index in [4.69, 9.17) is 9.47 Å². The molecule has 0 aliphatic carbocycles. The Morgan fingerprint density at radius 2 is 1.95 bits per heavy atom. The van der Waals surface area contributed by atoms with E-state index in [0.717, 1.165) is 21.3 Å². The molecule has 0 spiro atoms. The van der Waals surface area contributed by atoms with Crippen molar-refractivity contribution in [2.75, 3.05) is 14.2 Å². The summed E-state index contributed by atoms with van der Waals surface area (Å²) in [6.45, 7) is 0. The number of rotatable bonds is 6. The highest BCUT2D eigenvalue weighted by Gasteiger charge is 2.13. The Hall–Kier alpha value is -0.950. The van der Waals surface area contributed by atoms with E-state index >= 15 is 0 Å². The van der Waals surface area contributed by atoms with Crippen molar-refractivity contribution < 1.29 is 13.9 Å². The third kappa shape index (κ3) is 4.01. The van der Waals surface area contributed by atoms with Crippen LogP contribution >= 0.6 is 23.1 Å². The second-order valence-corrected chi connectivity index (χ2v) is 5.70. The molecule has 0 radical (unpaired) electrons. The van der Waals surface area contributed by atoms with E-state index in [-0.39, 0.29) is 5.82 Å². The lowest BCUT2D eigenvalue weighted by molar-refractivity contribution is -0.108. The molecule has 0 unspecified atom stereocenters. The highest BCUT2D eigenvalue weighted by atomic mass is 32.2. The van der Waals surface area contributed by atoms with Gasteiger partial charge in [-0.3, -0.25) is 0 Å². The minimum atomic E-state index is -0.416. The van der Waals surface area contributed by atoms with Gasteiger partial charge in [0, 0.05) is 24.5 Å². The van der Waals surface area contributed by atoms with Crippen LogP contribution in [0.15, 0.2) is 34.5 Å². The van der Waals surface area contributed by atoms with E-state index in [2.05, 4.69) is 4.98 Å². The number of nitrogens with zero attached hydrogens (tertiary/aromatic N) is 1. The molecule has 1 aromatic carbocycles. The second kappa shape index (κ2) is 7.00. The Labute approximate surface area is 119 Å². The van der Waals surface area contributed by atoms with Crippen molar-refractivity contribution in [1.29, 1.82) is 0 Å². The number of aromatic nitrogens is 1. The highest BCUT2D eigenvalue weighted by molar-refractivity contribution is 7.98. The molecule has 102 valence electrons. The number of thiazole rings is 1. The highest BCUT2D eigenvalue weighted by Crippen LogP contribution is 2.26. The minimum absolute atomic E-state index is 0.219. The number of ether oxygens (including phenoxy) is 2. The van der Waals surface area contributed by atoms with Crippen LogP contribution in [0.2, 0.25) is 0 Å². The maximum atomic E-state index is 12.8. The first-order valence-corrected chi connectivity index (χ1v) is 7.47. The van der Waals surface area contributed by atoms with E-state index in [1.807, 2.05) is 5.38 Å². The van der Waals surface area contributed by atoms with E-state index in [0.29, 0.717) is 0 Å². The number of thioether (sulfide) groups is 1. The Bertz CT molecular complexity index is 512. The molecule has 2 aromatic rings. The van der Waals surface area contributed by atoms with Gasteiger partial charge in [0.1, 0.15) is 16.5 Å². The quantitative estimate of drug-likeness (QED) is 0.598. The van der Waals surface area contributed by atoms with Crippen LogP contribution < -0.4 is 0 Å². The first kappa shape index (κ1) is 14.5. The van der Waals surface area contributed by atoms with Crippen LogP contribution in [0.3, 0.4) is 0 Å². The minimum Gasteiger partial charge on any atom is -0.350 e. The van der Waals surface area contributed by atoms with Crippen molar-refractivity contribution in [3.63, 3.8) is 0 Å². The number of benzene rings is 1. The summed E-state index contributed by atoms with van der Waals surface area (Å²) in [5.74, 6) is 0.528. The third-order valence-corrected chi connectivity index (χ3v) is 4.49. The van der Waals surface area contributed by atoms with Crippen molar-refractivity contribution in [3.05, 3.63) is 46.2 Å². The number of hydrogen-bond donors (Lipinski definition) is 0. The SMILES string of the molecule is COC(OC)c1csc(CSc2ccc(F)cc2)n1. The molecule has 0 fully saturated rings. The molecule has 0 N–H and O–H groups in total. The molecule has 3 nitrogen and oxygen atoms in total. The van der Waals surface area contributed by atoms with Crippen LogP contribution in [0.4, 0.5) is 4.39 Å². The zero-order valence-corrected chi connectivity index (χ0v) is 12.3. The van der Waals surface area contributed by atoms with Crippen LogP contribution in [-0.2, 0) is 15.2 Å². The van der Waals surface area contributed by atoms with Gasteiger partial charge in [-0.2, -0.15) is 0 Å². The summed E-state index contributed by atoms with van der Waals surface area (Å²) >= 11 is 3.19. The molecule has 1 heterocycles. The van der Waals surface area contributed by atoms with Gasteiger partial charge in [0.05, 0.1) is 5.75 Å². The average molecular weight is 299 g/mol. The van der Waals surface area contributed by atoms with Gasteiger partial charge in [-0.1, -0.05) is 0 Å². The average Bonchev–Trinajstić information content (AvgIpc) is 2.88. The number of hydrogen-bond acceptors (Lipinski definition) is 5. The van der Waals surface area contributed by atoms with Gasteiger partial charge in [-0.25, -0.2) is 9.37 Å². The molecule has 0 atom stereocenters. The van der Waals surface area contributed by atoms with Crippen LogP contribution in [0, 0.1) is 5.82 Å². The van der Waals surface area contributed by atoms with E-state index in [1.165, 1.54) is 12.1 Å². The Morgan fingerprint density at radius 1 is 1.26 bits per heavy atom. The molecule has 0 amide bonds. The summed E-state index contributed by atoms with van der Waals surface area (Å²) in [6, 6.07) is 6.45. The van der Waals surface area contributed by atoms with Gasteiger partial charge in [-0.15, -0.1) is 23.1 Å². The molecule has 0 saturated heterocycles. The smallest absolute Gasteiger partial charge is 0.201 e. The molecule has 0 aliphatic rings. The summed E-state index contributed by atoms with van der Waals surface area (Å²) in [5, 5.41) is 2.92. The van der Waals surface area contributed by atoms with Gasteiger partial charge in [0.25, 0.3) is 0 Å². The van der Waals surface area contributed by atoms with Crippen molar-refractivity contribution in [3.8, 4) is 0 Å². The monoisotopic (exact) mass is 299 g/mol. The summed E-state index contributed by atoms with van der Waals surface area (Å²) < 4.78 is 23.1. The molecule has 6 heteroatoms. The fourth-order valence-corrected chi connectivity index (χ4v) is 3.22. The van der Waals surface area contributed by atoms with E-state index in [9.17, 15) is 4.39 Å². The fourth-order valence-electron chi connectivity index (χ4n) is 1.51. The van der Waals surface area contributed by atoms with Gasteiger partial charge in [-0.05, 0) is 24.3 Å². The zero-order valence-electron chi connectivity index (χ0n) is 10.6. The Kier molecular flexibility index (Phi) is 5.33.